The molecule has 13 nitrogen and oxygen atoms in total. The van der Waals surface area contributed by atoms with Crippen LogP contribution in [0.1, 0.15) is 113 Å². The zero-order chi connectivity index (χ0) is 40.6. The van der Waals surface area contributed by atoms with E-state index in [-0.39, 0.29) is 46.0 Å². The van der Waals surface area contributed by atoms with Gasteiger partial charge in [0.05, 0.1) is 43.2 Å². The van der Waals surface area contributed by atoms with Crippen molar-refractivity contribution in [3.8, 4) is 0 Å². The van der Waals surface area contributed by atoms with Crippen LogP contribution in [0.25, 0.3) is 0 Å². The average Bonchev–Trinajstić information content (AvgIpc) is 3.38. The molecule has 55 heavy (non-hydrogen) atoms. The van der Waals surface area contributed by atoms with Crippen LogP contribution in [-0.2, 0) is 18.9 Å². The Labute approximate surface area is 327 Å². The highest BCUT2D eigenvalue weighted by atomic mass is 16.8. The third-order valence-electron chi connectivity index (χ3n) is 16.5. The summed E-state index contributed by atoms with van der Waals surface area (Å²) >= 11 is 0. The summed E-state index contributed by atoms with van der Waals surface area (Å²) in [5.41, 5.74) is -0.734. The molecule has 0 aromatic carbocycles. The molecule has 9 N–H and O–H groups in total. The van der Waals surface area contributed by atoms with E-state index >= 15 is 0 Å². The molecule has 3 unspecified atom stereocenters. The molecule has 318 valence electrons. The molecule has 0 amide bonds. The summed E-state index contributed by atoms with van der Waals surface area (Å²) in [4.78, 5) is 0. The second-order valence-electron chi connectivity index (χ2n) is 20.1. The van der Waals surface area contributed by atoms with Gasteiger partial charge in [-0.1, -0.05) is 53.2 Å². The lowest BCUT2D eigenvalue weighted by atomic mass is 9.38. The Kier molecular flexibility index (Phi) is 12.5. The Hall–Kier alpha value is -0.780. The number of hydrogen-bond donors (Lipinski definition) is 9. The molecule has 0 radical (unpaired) electrons. The largest absolute Gasteiger partial charge is 0.394 e. The summed E-state index contributed by atoms with van der Waals surface area (Å²) in [5, 5.41) is 96.3. The number of hydrogen-bond acceptors (Lipinski definition) is 13. The molecule has 2 heterocycles. The van der Waals surface area contributed by atoms with Crippen molar-refractivity contribution in [1.82, 2.24) is 0 Å². The molecule has 6 aliphatic rings. The molecular weight excluding hydrogens is 712 g/mol. The smallest absolute Gasteiger partial charge is 0.187 e. The summed E-state index contributed by atoms with van der Waals surface area (Å²) in [6, 6.07) is 0. The maximum absolute atomic E-state index is 12.3. The van der Waals surface area contributed by atoms with Crippen molar-refractivity contribution in [2.75, 3.05) is 13.2 Å². The standard InChI is InChI=1S/C42H72O13/c1-21(22-15-16-40(6)29-12-10-23-24(11-13-30(46)38(23,2)3)42(29,8)31(47)18-41(22,40)7)9-14-32(39(4,5)51)55-36-26(17-25(45)27(19-43)53-36)52-37-35(50)34(49)33(48)28(20-44)54-37/h10,21-22,24-37,43-51H,9,11-20H2,1-8H3/t21-,22?,24?,25+,26-,27-,28+,29?,30+,31-,32-,33+,34-,35+,36+,37+,40+,41-,42+/m1/s1. The van der Waals surface area contributed by atoms with Crippen LogP contribution in [-0.4, -0.2) is 138 Å². The van der Waals surface area contributed by atoms with E-state index in [4.69, 9.17) is 18.9 Å². The van der Waals surface area contributed by atoms with Crippen molar-refractivity contribution in [3.05, 3.63) is 11.6 Å². The van der Waals surface area contributed by atoms with E-state index in [0.29, 0.717) is 31.1 Å². The summed E-state index contributed by atoms with van der Waals surface area (Å²) in [7, 11) is 0. The lowest BCUT2D eigenvalue weighted by Gasteiger charge is -2.67. The van der Waals surface area contributed by atoms with E-state index in [2.05, 4.69) is 47.6 Å². The third kappa shape index (κ3) is 7.31. The highest BCUT2D eigenvalue weighted by molar-refractivity contribution is 5.31. The Morgan fingerprint density at radius 2 is 1.47 bits per heavy atom. The van der Waals surface area contributed by atoms with Gasteiger partial charge in [0.2, 0.25) is 0 Å². The molecule has 13 heteroatoms. The molecule has 5 fully saturated rings. The van der Waals surface area contributed by atoms with Gasteiger partial charge in [0.15, 0.2) is 12.6 Å². The van der Waals surface area contributed by atoms with Crippen molar-refractivity contribution in [1.29, 1.82) is 0 Å². The first-order valence-electron chi connectivity index (χ1n) is 20.9. The molecule has 4 aliphatic carbocycles. The fourth-order valence-corrected chi connectivity index (χ4v) is 12.6. The maximum Gasteiger partial charge on any atom is 0.187 e. The predicted molar refractivity (Wildman–Crippen MR) is 201 cm³/mol. The second-order valence-corrected chi connectivity index (χ2v) is 20.1. The minimum Gasteiger partial charge on any atom is -0.394 e. The summed E-state index contributed by atoms with van der Waals surface area (Å²) in [5.74, 6) is 1.08. The fraction of sp³-hybridized carbons (Fsp3) is 0.952. The lowest BCUT2D eigenvalue weighted by Crippen LogP contribution is -2.64. The quantitative estimate of drug-likeness (QED) is 0.137. The number of fused-ring (bicyclic) bond motifs is 5. The van der Waals surface area contributed by atoms with Gasteiger partial charge < -0.3 is 64.9 Å². The first kappa shape index (κ1) is 43.8. The van der Waals surface area contributed by atoms with Crippen molar-refractivity contribution >= 4 is 0 Å². The Bertz CT molecular complexity index is 1370. The van der Waals surface area contributed by atoms with Crippen LogP contribution in [0.4, 0.5) is 0 Å². The van der Waals surface area contributed by atoms with E-state index in [1.54, 1.807) is 13.8 Å². The van der Waals surface area contributed by atoms with Crippen molar-refractivity contribution in [2.24, 2.45) is 45.3 Å². The lowest BCUT2D eigenvalue weighted by molar-refractivity contribution is -0.359. The van der Waals surface area contributed by atoms with E-state index in [1.165, 1.54) is 5.57 Å². The van der Waals surface area contributed by atoms with Gasteiger partial charge in [0.1, 0.15) is 36.6 Å². The number of ether oxygens (including phenoxy) is 4. The minimum absolute atomic E-state index is 0.000651. The molecule has 2 saturated heterocycles. The summed E-state index contributed by atoms with van der Waals surface area (Å²) in [6.07, 6.45) is -4.88. The highest BCUT2D eigenvalue weighted by Gasteiger charge is 2.70. The van der Waals surface area contributed by atoms with Crippen LogP contribution in [0, 0.1) is 45.3 Å². The van der Waals surface area contributed by atoms with Crippen molar-refractivity contribution in [2.45, 2.75) is 192 Å². The topological polar surface area (TPSA) is 219 Å². The highest BCUT2D eigenvalue weighted by Crippen LogP contribution is 2.75. The van der Waals surface area contributed by atoms with Gasteiger partial charge in [-0.05, 0) is 99.7 Å². The second kappa shape index (κ2) is 15.7. The van der Waals surface area contributed by atoms with Crippen LogP contribution in [0.5, 0.6) is 0 Å². The predicted octanol–water partition coefficient (Wildman–Crippen LogP) is 2.15. The van der Waals surface area contributed by atoms with E-state index in [9.17, 15) is 46.0 Å². The number of rotatable bonds is 11. The Morgan fingerprint density at radius 1 is 0.818 bits per heavy atom. The zero-order valence-electron chi connectivity index (χ0n) is 34.3. The van der Waals surface area contributed by atoms with Gasteiger partial charge in [0.25, 0.3) is 0 Å². The van der Waals surface area contributed by atoms with Crippen molar-refractivity contribution in [3.63, 3.8) is 0 Å². The molecule has 0 aromatic heterocycles. The van der Waals surface area contributed by atoms with Crippen LogP contribution < -0.4 is 0 Å². The molecule has 2 aliphatic heterocycles. The number of allylic oxidation sites excluding steroid dienone is 1. The summed E-state index contributed by atoms with van der Waals surface area (Å²) in [6.45, 7) is 15.9. The zero-order valence-corrected chi connectivity index (χ0v) is 34.3. The van der Waals surface area contributed by atoms with Crippen LogP contribution in [0.2, 0.25) is 0 Å². The molecule has 3 saturated carbocycles. The summed E-state index contributed by atoms with van der Waals surface area (Å²) < 4.78 is 24.1. The van der Waals surface area contributed by atoms with Gasteiger partial charge in [0, 0.05) is 17.3 Å². The Morgan fingerprint density at radius 3 is 2.11 bits per heavy atom. The minimum atomic E-state index is -1.68. The van der Waals surface area contributed by atoms with E-state index < -0.39 is 86.3 Å². The molecule has 0 spiro atoms. The van der Waals surface area contributed by atoms with E-state index in [1.807, 2.05) is 0 Å². The Balaban J connectivity index is 1.18. The van der Waals surface area contributed by atoms with E-state index in [0.717, 1.165) is 32.1 Å². The number of aliphatic hydroxyl groups excluding tert-OH is 8. The normalized spacial score (nSPS) is 49.7. The van der Waals surface area contributed by atoms with Crippen LogP contribution in [0.15, 0.2) is 11.6 Å². The number of aliphatic hydroxyl groups is 9. The van der Waals surface area contributed by atoms with Gasteiger partial charge in [-0.15, -0.1) is 0 Å². The van der Waals surface area contributed by atoms with Gasteiger partial charge in [-0.25, -0.2) is 0 Å². The average molecular weight is 785 g/mol. The van der Waals surface area contributed by atoms with Crippen LogP contribution >= 0.6 is 0 Å². The monoisotopic (exact) mass is 784 g/mol. The fourth-order valence-electron chi connectivity index (χ4n) is 12.6. The van der Waals surface area contributed by atoms with Crippen molar-refractivity contribution < 1.29 is 64.9 Å². The van der Waals surface area contributed by atoms with Gasteiger partial charge in [-0.2, -0.15) is 0 Å². The molecule has 19 atom stereocenters. The molecule has 0 aromatic rings. The molecular formula is C42H72O13. The van der Waals surface area contributed by atoms with Gasteiger partial charge >= 0.3 is 0 Å². The third-order valence-corrected chi connectivity index (χ3v) is 16.5. The SMILES string of the molecule is C[C@H](CC[C@@H](O[C@@H]1O[C@H](CO)[C@@H](O)C[C@H]1O[C@H]1O[C@@H](CO)[C@H](O)[C@@H](O)[C@@H]1O)C(C)(C)O)C1CC[C@@]2(C)C3CC=C4C(CC[C@H](O)C4(C)C)[C@]3(C)[C@H](O)C[C@]12C. The molecule has 6 rings (SSSR count). The first-order valence-corrected chi connectivity index (χ1v) is 20.9. The maximum atomic E-state index is 12.3. The first-order chi connectivity index (χ1) is 25.6. The molecule has 0 bridgehead atoms. The van der Waals surface area contributed by atoms with Gasteiger partial charge in [-0.3, -0.25) is 0 Å². The van der Waals surface area contributed by atoms with Crippen LogP contribution in [0.3, 0.4) is 0 Å².